The molecule has 1 aliphatic heterocycles. The molecule has 0 bridgehead atoms. The number of hydrogen-bond acceptors (Lipinski definition) is 6. The third-order valence-corrected chi connectivity index (χ3v) is 7.08. The van der Waals surface area contributed by atoms with Crippen LogP contribution in [-0.2, 0) is 13.8 Å². The predicted octanol–water partition coefficient (Wildman–Crippen LogP) is 5.12. The third-order valence-electron chi connectivity index (χ3n) is 5.71. The minimum absolute atomic E-state index is 0.0310. The maximum atomic E-state index is 14.4. The summed E-state index contributed by atoms with van der Waals surface area (Å²) >= 11 is 0. The Morgan fingerprint density at radius 2 is 1.83 bits per heavy atom. The Balaban J connectivity index is 1.76. The second-order valence-electron chi connectivity index (χ2n) is 9.81. The quantitative estimate of drug-likeness (QED) is 0.486. The number of carbonyl (C=O) groups excluding carboxylic acids is 1. The van der Waals surface area contributed by atoms with E-state index in [4.69, 9.17) is 20.2 Å². The van der Waals surface area contributed by atoms with Gasteiger partial charge < -0.3 is 14.4 Å². The normalized spacial score (nSPS) is 18.3. The van der Waals surface area contributed by atoms with Crippen LogP contribution in [0.1, 0.15) is 44.9 Å². The molecule has 0 spiro atoms. The molecule has 0 N–H and O–H groups in total. The highest BCUT2D eigenvalue weighted by molar-refractivity contribution is 8.13. The molecule has 1 fully saturated rings. The van der Waals surface area contributed by atoms with E-state index in [1.807, 2.05) is 33.8 Å². The highest BCUT2D eigenvalue weighted by atomic mass is 35.7. The zero-order valence-corrected chi connectivity index (χ0v) is 22.2. The van der Waals surface area contributed by atoms with Crippen molar-refractivity contribution >= 4 is 25.8 Å². The van der Waals surface area contributed by atoms with Crippen molar-refractivity contribution in [1.29, 1.82) is 0 Å². The van der Waals surface area contributed by atoms with Gasteiger partial charge in [0.2, 0.25) is 0 Å². The smallest absolute Gasteiger partial charge is 0.410 e. The Bertz CT molecular complexity index is 1150. The zero-order valence-electron chi connectivity index (χ0n) is 20.6. The van der Waals surface area contributed by atoms with Gasteiger partial charge in [-0.3, -0.25) is 4.90 Å². The second-order valence-corrected chi connectivity index (χ2v) is 12.4. The van der Waals surface area contributed by atoms with Gasteiger partial charge >= 0.3 is 6.09 Å². The molecule has 2 atom stereocenters. The Morgan fingerprint density at radius 1 is 1.17 bits per heavy atom. The minimum atomic E-state index is -3.85. The lowest BCUT2D eigenvalue weighted by Crippen LogP contribution is -2.55. The summed E-state index contributed by atoms with van der Waals surface area (Å²) in [7, 11) is 1.56. The molecular formula is C25H32ClFN2O5S. The summed E-state index contributed by atoms with van der Waals surface area (Å²) in [4.78, 5) is 16.4. The van der Waals surface area contributed by atoms with Crippen molar-refractivity contribution in [1.82, 2.24) is 9.80 Å². The molecule has 0 radical (unpaired) electrons. The Kier molecular flexibility index (Phi) is 8.34. The largest absolute Gasteiger partial charge is 0.484 e. The number of halogens is 2. The highest BCUT2D eigenvalue weighted by Crippen LogP contribution is 2.27. The molecule has 2 aromatic rings. The van der Waals surface area contributed by atoms with Crippen molar-refractivity contribution in [2.24, 2.45) is 0 Å². The van der Waals surface area contributed by atoms with E-state index in [2.05, 4.69) is 4.90 Å². The SMILES string of the molecule is Cc1ccc([C@@H](CN2CCN(C(=O)OC(C)(C)C)[C@H](C)C2)Oc2ccc(S(=O)(=O)Cl)cc2)cc1F. The van der Waals surface area contributed by atoms with E-state index < -0.39 is 20.8 Å². The van der Waals surface area contributed by atoms with E-state index in [-0.39, 0.29) is 22.8 Å². The van der Waals surface area contributed by atoms with Crippen LogP contribution in [0.3, 0.4) is 0 Å². The summed E-state index contributed by atoms with van der Waals surface area (Å²) in [6.07, 6.45) is -0.865. The lowest BCUT2D eigenvalue weighted by Gasteiger charge is -2.41. The van der Waals surface area contributed by atoms with E-state index >= 15 is 0 Å². The first-order valence-corrected chi connectivity index (χ1v) is 13.7. The molecule has 1 amide bonds. The van der Waals surface area contributed by atoms with Gasteiger partial charge in [-0.05, 0) is 76.1 Å². The Morgan fingerprint density at radius 3 is 2.37 bits per heavy atom. The number of benzene rings is 2. The third kappa shape index (κ3) is 7.56. The first-order valence-electron chi connectivity index (χ1n) is 11.4. The van der Waals surface area contributed by atoms with E-state index in [1.165, 1.54) is 30.3 Å². The van der Waals surface area contributed by atoms with Crippen LogP contribution in [0.5, 0.6) is 5.75 Å². The number of aryl methyl sites for hydroxylation is 1. The van der Waals surface area contributed by atoms with Gasteiger partial charge in [-0.1, -0.05) is 12.1 Å². The summed E-state index contributed by atoms with van der Waals surface area (Å²) in [5.74, 6) is 0.100. The molecule has 1 aliphatic rings. The molecule has 1 heterocycles. The molecule has 1 saturated heterocycles. The molecule has 35 heavy (non-hydrogen) atoms. The van der Waals surface area contributed by atoms with Crippen molar-refractivity contribution in [3.05, 3.63) is 59.4 Å². The summed E-state index contributed by atoms with van der Waals surface area (Å²) in [6, 6.07) is 10.7. The van der Waals surface area contributed by atoms with Crippen LogP contribution in [-0.4, -0.2) is 62.1 Å². The second kappa shape index (κ2) is 10.7. The topological polar surface area (TPSA) is 76.2 Å². The van der Waals surface area contributed by atoms with Crippen molar-refractivity contribution < 1.29 is 27.1 Å². The van der Waals surface area contributed by atoms with Crippen LogP contribution >= 0.6 is 10.7 Å². The highest BCUT2D eigenvalue weighted by Gasteiger charge is 2.32. The summed E-state index contributed by atoms with van der Waals surface area (Å²) in [6.45, 7) is 11.3. The van der Waals surface area contributed by atoms with Gasteiger partial charge in [0.25, 0.3) is 9.05 Å². The molecule has 0 aromatic heterocycles. The first-order chi connectivity index (χ1) is 16.2. The van der Waals surface area contributed by atoms with Crippen LogP contribution in [0.15, 0.2) is 47.4 Å². The van der Waals surface area contributed by atoms with Gasteiger partial charge in [0.1, 0.15) is 23.3 Å². The number of rotatable bonds is 6. The molecule has 2 aromatic carbocycles. The summed E-state index contributed by atoms with van der Waals surface area (Å²) < 4.78 is 49.2. The lowest BCUT2D eigenvalue weighted by molar-refractivity contribution is -0.00299. The van der Waals surface area contributed by atoms with Crippen molar-refractivity contribution in [3.63, 3.8) is 0 Å². The van der Waals surface area contributed by atoms with E-state index in [0.717, 1.165) is 0 Å². The lowest BCUT2D eigenvalue weighted by atomic mass is 10.0. The predicted molar refractivity (Wildman–Crippen MR) is 133 cm³/mol. The van der Waals surface area contributed by atoms with E-state index in [1.54, 1.807) is 17.9 Å². The van der Waals surface area contributed by atoms with Crippen molar-refractivity contribution in [2.45, 2.75) is 57.3 Å². The molecule has 0 aliphatic carbocycles. The van der Waals surface area contributed by atoms with Gasteiger partial charge in [-0.15, -0.1) is 0 Å². The number of nitrogens with zero attached hydrogens (tertiary/aromatic N) is 2. The van der Waals surface area contributed by atoms with Gasteiger partial charge in [0.05, 0.1) is 4.90 Å². The molecule has 0 saturated carbocycles. The minimum Gasteiger partial charge on any atom is -0.484 e. The fourth-order valence-corrected chi connectivity index (χ4v) is 4.66. The average molecular weight is 527 g/mol. The number of carbonyl (C=O) groups is 1. The Labute approximate surface area is 211 Å². The first kappa shape index (κ1) is 27.2. The van der Waals surface area contributed by atoms with Crippen LogP contribution in [0, 0.1) is 12.7 Å². The van der Waals surface area contributed by atoms with Crippen LogP contribution in [0.25, 0.3) is 0 Å². The number of ether oxygens (including phenoxy) is 2. The molecule has 7 nitrogen and oxygen atoms in total. The molecule has 10 heteroatoms. The van der Waals surface area contributed by atoms with Crippen LogP contribution in [0.4, 0.5) is 9.18 Å². The van der Waals surface area contributed by atoms with Gasteiger partial charge in [0, 0.05) is 42.9 Å². The fourth-order valence-electron chi connectivity index (χ4n) is 3.89. The molecule has 0 unspecified atom stereocenters. The number of amides is 1. The average Bonchev–Trinajstić information content (AvgIpc) is 2.74. The monoisotopic (exact) mass is 526 g/mol. The summed E-state index contributed by atoms with van der Waals surface area (Å²) in [5, 5.41) is 0. The zero-order chi connectivity index (χ0) is 26.0. The molecular weight excluding hydrogens is 495 g/mol. The fraction of sp³-hybridized carbons (Fsp3) is 0.480. The maximum absolute atomic E-state index is 14.4. The van der Waals surface area contributed by atoms with Gasteiger partial charge in [0.15, 0.2) is 0 Å². The van der Waals surface area contributed by atoms with Crippen LogP contribution in [0.2, 0.25) is 0 Å². The number of piperazine rings is 1. The molecule has 192 valence electrons. The Hall–Kier alpha value is -2.36. The standard InChI is InChI=1S/C25H32ClFN2O5S/c1-17-6-7-19(14-22(17)27)23(33-20-8-10-21(11-9-20)35(26,31)32)16-28-12-13-29(18(2)15-28)24(30)34-25(3,4)5/h6-11,14,18,23H,12-13,15-16H2,1-5H3/t18-,23-/m1/s1. The van der Waals surface area contributed by atoms with Crippen LogP contribution < -0.4 is 4.74 Å². The maximum Gasteiger partial charge on any atom is 0.410 e. The van der Waals surface area contributed by atoms with Crippen molar-refractivity contribution in [2.75, 3.05) is 26.2 Å². The van der Waals surface area contributed by atoms with Crippen molar-refractivity contribution in [3.8, 4) is 5.75 Å². The van der Waals surface area contributed by atoms with Gasteiger partial charge in [-0.25, -0.2) is 17.6 Å². The van der Waals surface area contributed by atoms with Gasteiger partial charge in [-0.2, -0.15) is 0 Å². The molecule has 3 rings (SSSR count). The number of hydrogen-bond donors (Lipinski definition) is 0. The van der Waals surface area contributed by atoms with E-state index in [0.29, 0.717) is 43.1 Å². The summed E-state index contributed by atoms with van der Waals surface area (Å²) in [5.41, 5.74) is 0.619. The van der Waals surface area contributed by atoms with E-state index in [9.17, 15) is 17.6 Å².